The van der Waals surface area contributed by atoms with Crippen molar-refractivity contribution < 1.29 is 0 Å². The minimum absolute atomic E-state index is 0.558. The maximum atomic E-state index is 5.97. The van der Waals surface area contributed by atoms with Gasteiger partial charge in [-0.05, 0) is 37.9 Å². The van der Waals surface area contributed by atoms with Crippen molar-refractivity contribution in [3.8, 4) is 0 Å². The highest BCUT2D eigenvalue weighted by atomic mass is 35.5. The number of fused-ring (bicyclic) bond motifs is 4. The van der Waals surface area contributed by atoms with Crippen LogP contribution >= 0.6 is 11.6 Å². The fraction of sp³-hybridized carbons (Fsp3) is 0.600. The van der Waals surface area contributed by atoms with Crippen LogP contribution in [0.15, 0.2) is 18.5 Å². The van der Waals surface area contributed by atoms with Gasteiger partial charge in [0.25, 0.3) is 0 Å². The lowest BCUT2D eigenvalue weighted by atomic mass is 9.83. The van der Waals surface area contributed by atoms with Crippen LogP contribution in [0.1, 0.15) is 24.7 Å². The summed E-state index contributed by atoms with van der Waals surface area (Å²) in [4.78, 5) is 11.5. The van der Waals surface area contributed by atoms with Gasteiger partial charge in [-0.1, -0.05) is 0 Å². The fourth-order valence-electron chi connectivity index (χ4n) is 3.86. The summed E-state index contributed by atoms with van der Waals surface area (Å²) in [6.07, 6.45) is 7.20. The van der Waals surface area contributed by atoms with Crippen molar-refractivity contribution in [1.29, 1.82) is 0 Å². The fourth-order valence-corrected chi connectivity index (χ4v) is 4.03. The summed E-state index contributed by atoms with van der Waals surface area (Å²) in [6, 6.07) is 2.65. The van der Waals surface area contributed by atoms with Crippen LogP contribution in [0.3, 0.4) is 0 Å². The first-order valence-corrected chi connectivity index (χ1v) is 7.99. The molecular weight excluding hydrogens is 272 g/mol. The number of halogens is 1. The molecule has 4 nitrogen and oxygen atoms in total. The maximum Gasteiger partial charge on any atom is 0.111 e. The number of nitrogens with zero attached hydrogens (tertiary/aromatic N) is 4. The number of hydrogen-bond donors (Lipinski definition) is 0. The van der Waals surface area contributed by atoms with Gasteiger partial charge >= 0.3 is 0 Å². The molecule has 20 heavy (non-hydrogen) atoms. The summed E-state index contributed by atoms with van der Waals surface area (Å²) >= 11 is 5.97. The summed E-state index contributed by atoms with van der Waals surface area (Å²) < 4.78 is 2.45. The Hall–Kier alpha value is -1.13. The molecule has 0 saturated carbocycles. The first kappa shape index (κ1) is 12.6. The van der Waals surface area contributed by atoms with Crippen molar-refractivity contribution in [1.82, 2.24) is 19.4 Å². The molecule has 3 aliphatic heterocycles. The van der Waals surface area contributed by atoms with Crippen LogP contribution in [0.5, 0.6) is 0 Å². The molecule has 2 aromatic heterocycles. The average Bonchev–Trinajstić information content (AvgIpc) is 2.86. The third-order valence-corrected chi connectivity index (χ3v) is 5.03. The van der Waals surface area contributed by atoms with Crippen LogP contribution in [0.25, 0.3) is 11.0 Å². The average molecular weight is 291 g/mol. The topological polar surface area (TPSA) is 34.0 Å². The molecule has 1 unspecified atom stereocenters. The summed E-state index contributed by atoms with van der Waals surface area (Å²) in [5.74, 6) is 2.54. The first-order chi connectivity index (χ1) is 9.86. The second-order valence-corrected chi connectivity index (χ2v) is 6.28. The number of pyridine rings is 1. The molecule has 0 spiro atoms. The minimum atomic E-state index is 0.558. The zero-order valence-electron chi connectivity index (χ0n) is 11.5. The molecule has 0 amide bonds. The number of imidazole rings is 1. The van der Waals surface area contributed by atoms with E-state index in [1.54, 1.807) is 0 Å². The molecule has 5 heteroatoms. The van der Waals surface area contributed by atoms with E-state index in [4.69, 9.17) is 16.6 Å². The van der Waals surface area contributed by atoms with E-state index >= 15 is 0 Å². The van der Waals surface area contributed by atoms with Gasteiger partial charge in [-0.15, -0.1) is 11.6 Å². The molecule has 1 atom stereocenters. The molecule has 0 N–H and O–H groups in total. The van der Waals surface area contributed by atoms with Crippen molar-refractivity contribution in [3.05, 3.63) is 24.3 Å². The van der Waals surface area contributed by atoms with Gasteiger partial charge in [-0.3, -0.25) is 4.98 Å². The second-order valence-electron chi connectivity index (χ2n) is 5.91. The van der Waals surface area contributed by atoms with E-state index in [0.717, 1.165) is 30.2 Å². The zero-order chi connectivity index (χ0) is 13.5. The van der Waals surface area contributed by atoms with Crippen LogP contribution in [-0.4, -0.2) is 44.9 Å². The third kappa shape index (κ3) is 1.93. The first-order valence-electron chi connectivity index (χ1n) is 7.46. The molecule has 3 fully saturated rings. The van der Waals surface area contributed by atoms with Gasteiger partial charge in [0.15, 0.2) is 0 Å². The standard InChI is InChI=1S/C15H19ClN4/c16-5-1-15-18-12-9-17-6-2-13(12)20(15)14-10-19-7-3-11(14)4-8-19/h2,6,9,11,14H,1,3-5,7-8,10H2. The Labute approximate surface area is 123 Å². The minimum Gasteiger partial charge on any atom is -0.323 e. The lowest BCUT2D eigenvalue weighted by Crippen LogP contribution is -2.48. The summed E-state index contributed by atoms with van der Waals surface area (Å²) in [5.41, 5.74) is 2.22. The quantitative estimate of drug-likeness (QED) is 0.815. The highest BCUT2D eigenvalue weighted by Gasteiger charge is 2.36. The van der Waals surface area contributed by atoms with Crippen LogP contribution in [-0.2, 0) is 6.42 Å². The number of piperidine rings is 3. The highest BCUT2D eigenvalue weighted by molar-refractivity contribution is 6.17. The molecule has 3 saturated heterocycles. The Morgan fingerprint density at radius 2 is 2.15 bits per heavy atom. The molecule has 2 bridgehead atoms. The Balaban J connectivity index is 1.82. The lowest BCUT2D eigenvalue weighted by Gasteiger charge is -2.45. The van der Waals surface area contributed by atoms with Crippen LogP contribution in [0.4, 0.5) is 0 Å². The number of hydrogen-bond acceptors (Lipinski definition) is 3. The molecule has 2 aromatic rings. The molecule has 3 aliphatic rings. The van der Waals surface area contributed by atoms with Gasteiger partial charge in [-0.25, -0.2) is 4.98 Å². The largest absolute Gasteiger partial charge is 0.323 e. The Morgan fingerprint density at radius 1 is 1.30 bits per heavy atom. The van der Waals surface area contributed by atoms with Crippen LogP contribution in [0, 0.1) is 5.92 Å². The summed E-state index contributed by atoms with van der Waals surface area (Å²) in [7, 11) is 0. The van der Waals surface area contributed by atoms with Crippen molar-refractivity contribution in [2.45, 2.75) is 25.3 Å². The van der Waals surface area contributed by atoms with E-state index in [2.05, 4.69) is 20.5 Å². The molecule has 5 rings (SSSR count). The third-order valence-electron chi connectivity index (χ3n) is 4.84. The molecule has 5 heterocycles. The van der Waals surface area contributed by atoms with Gasteiger partial charge in [0.05, 0.1) is 17.8 Å². The van der Waals surface area contributed by atoms with Crippen molar-refractivity contribution in [2.75, 3.05) is 25.5 Å². The molecular formula is C15H19ClN4. The SMILES string of the molecule is ClCCc1nc2cnccc2n1C1CN2CCC1CC2. The van der Waals surface area contributed by atoms with Crippen molar-refractivity contribution in [2.24, 2.45) is 5.92 Å². The van der Waals surface area contributed by atoms with Gasteiger partial charge in [0.1, 0.15) is 11.3 Å². The predicted octanol–water partition coefficient (Wildman–Crippen LogP) is 2.48. The van der Waals surface area contributed by atoms with Gasteiger partial charge in [0, 0.05) is 25.0 Å². The molecule has 0 aliphatic carbocycles. The normalized spacial score (nSPS) is 29.1. The van der Waals surface area contributed by atoms with Crippen LogP contribution < -0.4 is 0 Å². The van der Waals surface area contributed by atoms with Crippen molar-refractivity contribution >= 4 is 22.6 Å². The van der Waals surface area contributed by atoms with E-state index in [1.165, 1.54) is 31.4 Å². The Bertz CT molecular complexity index is 615. The van der Waals surface area contributed by atoms with E-state index in [-0.39, 0.29) is 0 Å². The number of aromatic nitrogens is 3. The summed E-state index contributed by atoms with van der Waals surface area (Å²) in [5, 5.41) is 0. The smallest absolute Gasteiger partial charge is 0.111 e. The van der Waals surface area contributed by atoms with Gasteiger partial charge in [-0.2, -0.15) is 0 Å². The highest BCUT2D eigenvalue weighted by Crippen LogP contribution is 2.38. The zero-order valence-corrected chi connectivity index (χ0v) is 12.3. The number of rotatable bonds is 3. The van der Waals surface area contributed by atoms with Gasteiger partial charge in [0.2, 0.25) is 0 Å². The van der Waals surface area contributed by atoms with Crippen molar-refractivity contribution in [3.63, 3.8) is 0 Å². The Kier molecular flexibility index (Phi) is 3.15. The number of alkyl halides is 1. The predicted molar refractivity (Wildman–Crippen MR) is 80.2 cm³/mol. The van der Waals surface area contributed by atoms with E-state index < -0.39 is 0 Å². The molecule has 0 radical (unpaired) electrons. The summed E-state index contributed by atoms with van der Waals surface area (Å²) in [6.45, 7) is 3.69. The monoisotopic (exact) mass is 290 g/mol. The molecule has 106 valence electrons. The second kappa shape index (κ2) is 5.01. The van der Waals surface area contributed by atoms with E-state index in [1.807, 2.05) is 12.4 Å². The van der Waals surface area contributed by atoms with E-state index in [0.29, 0.717) is 11.9 Å². The van der Waals surface area contributed by atoms with Gasteiger partial charge < -0.3 is 9.47 Å². The molecule has 0 aromatic carbocycles. The Morgan fingerprint density at radius 3 is 2.85 bits per heavy atom. The van der Waals surface area contributed by atoms with Crippen LogP contribution in [0.2, 0.25) is 0 Å². The number of aryl methyl sites for hydroxylation is 1. The van der Waals surface area contributed by atoms with E-state index in [9.17, 15) is 0 Å². The maximum absolute atomic E-state index is 5.97. The lowest BCUT2D eigenvalue weighted by molar-refractivity contribution is 0.0576.